The van der Waals surface area contributed by atoms with Gasteiger partial charge in [-0.3, -0.25) is 0 Å². The molecule has 19 heavy (non-hydrogen) atoms. The van der Waals surface area contributed by atoms with Crippen molar-refractivity contribution in [2.75, 3.05) is 0 Å². The highest BCUT2D eigenvalue weighted by Gasteiger charge is 2.30. The van der Waals surface area contributed by atoms with Crippen LogP contribution in [0.1, 0.15) is 11.1 Å². The molecule has 2 aromatic rings. The predicted octanol–water partition coefficient (Wildman–Crippen LogP) is 5.92. The van der Waals surface area contributed by atoms with Gasteiger partial charge in [0, 0.05) is 10.4 Å². The van der Waals surface area contributed by atoms with E-state index in [4.69, 9.17) is 11.6 Å². The largest absolute Gasteiger partial charge is 0.416 e. The summed E-state index contributed by atoms with van der Waals surface area (Å²) < 4.78 is 37.5. The van der Waals surface area contributed by atoms with Crippen molar-refractivity contribution in [3.8, 4) is 11.1 Å². The van der Waals surface area contributed by atoms with Gasteiger partial charge < -0.3 is 0 Å². The van der Waals surface area contributed by atoms with E-state index < -0.39 is 11.7 Å². The lowest BCUT2D eigenvalue weighted by molar-refractivity contribution is -0.137. The number of benzene rings is 2. The Labute approximate surface area is 122 Å². The van der Waals surface area contributed by atoms with E-state index in [1.807, 2.05) is 6.07 Å². The third-order valence-corrected chi connectivity index (χ3v) is 3.58. The second-order valence-corrected chi connectivity index (χ2v) is 5.01. The van der Waals surface area contributed by atoms with Crippen molar-refractivity contribution < 1.29 is 13.2 Å². The van der Waals surface area contributed by atoms with Gasteiger partial charge >= 0.3 is 6.18 Å². The van der Waals surface area contributed by atoms with Gasteiger partial charge in [-0.1, -0.05) is 45.7 Å². The Balaban J connectivity index is 2.45. The minimum Gasteiger partial charge on any atom is -0.166 e. The minimum absolute atomic E-state index is 0.555. The van der Waals surface area contributed by atoms with E-state index in [2.05, 4.69) is 15.9 Å². The Morgan fingerprint density at radius 1 is 1.00 bits per heavy atom. The quantitative estimate of drug-likeness (QED) is 0.590. The van der Waals surface area contributed by atoms with Gasteiger partial charge in [0.25, 0.3) is 0 Å². The minimum atomic E-state index is -4.31. The lowest BCUT2D eigenvalue weighted by Gasteiger charge is -2.10. The standard InChI is InChI=1S/C14H9BrClF3/c15-8-10-3-6-12(16)7-13(10)9-1-4-11(5-2-9)14(17,18)19/h1-7H,8H2. The maximum absolute atomic E-state index is 12.5. The summed E-state index contributed by atoms with van der Waals surface area (Å²) in [4.78, 5) is 0. The van der Waals surface area contributed by atoms with Crippen LogP contribution in [0.25, 0.3) is 11.1 Å². The fourth-order valence-electron chi connectivity index (χ4n) is 1.77. The molecule has 0 heterocycles. The fraction of sp³-hybridized carbons (Fsp3) is 0.143. The Morgan fingerprint density at radius 3 is 2.16 bits per heavy atom. The molecule has 2 rings (SSSR count). The van der Waals surface area contributed by atoms with Gasteiger partial charge in [0.2, 0.25) is 0 Å². The average Bonchev–Trinajstić information content (AvgIpc) is 2.38. The maximum atomic E-state index is 12.5. The fourth-order valence-corrected chi connectivity index (χ4v) is 2.43. The molecule has 0 saturated carbocycles. The molecule has 0 nitrogen and oxygen atoms in total. The van der Waals surface area contributed by atoms with Crippen molar-refractivity contribution in [2.24, 2.45) is 0 Å². The van der Waals surface area contributed by atoms with Crippen LogP contribution in [0.5, 0.6) is 0 Å². The van der Waals surface area contributed by atoms with Crippen LogP contribution >= 0.6 is 27.5 Å². The summed E-state index contributed by atoms with van der Waals surface area (Å²) in [5, 5.41) is 1.17. The topological polar surface area (TPSA) is 0 Å². The van der Waals surface area contributed by atoms with E-state index in [0.717, 1.165) is 23.3 Å². The van der Waals surface area contributed by atoms with Crippen LogP contribution in [0.3, 0.4) is 0 Å². The second kappa shape index (κ2) is 5.55. The third-order valence-electron chi connectivity index (χ3n) is 2.74. The van der Waals surface area contributed by atoms with Crippen molar-refractivity contribution in [1.82, 2.24) is 0 Å². The van der Waals surface area contributed by atoms with Crippen LogP contribution in [-0.4, -0.2) is 0 Å². The highest BCUT2D eigenvalue weighted by Crippen LogP contribution is 2.33. The number of alkyl halides is 4. The highest BCUT2D eigenvalue weighted by molar-refractivity contribution is 9.08. The molecule has 0 aliphatic heterocycles. The third kappa shape index (κ3) is 3.31. The molecule has 0 atom stereocenters. The number of hydrogen-bond donors (Lipinski definition) is 0. The van der Waals surface area contributed by atoms with Gasteiger partial charge in [0.1, 0.15) is 0 Å². The molecule has 0 N–H and O–H groups in total. The van der Waals surface area contributed by atoms with Gasteiger partial charge in [0.05, 0.1) is 5.56 Å². The molecule has 0 aliphatic carbocycles. The SMILES string of the molecule is FC(F)(F)c1ccc(-c2cc(Cl)ccc2CBr)cc1. The first kappa shape index (κ1) is 14.4. The zero-order valence-electron chi connectivity index (χ0n) is 9.64. The van der Waals surface area contributed by atoms with Crippen LogP contribution < -0.4 is 0 Å². The Bertz CT molecular complexity index is 576. The monoisotopic (exact) mass is 348 g/mol. The summed E-state index contributed by atoms with van der Waals surface area (Å²) in [6.07, 6.45) is -4.31. The van der Waals surface area contributed by atoms with Crippen molar-refractivity contribution in [3.05, 3.63) is 58.6 Å². The second-order valence-electron chi connectivity index (χ2n) is 4.01. The number of halogens is 5. The normalized spacial score (nSPS) is 11.6. The molecule has 5 heteroatoms. The van der Waals surface area contributed by atoms with Crippen molar-refractivity contribution in [2.45, 2.75) is 11.5 Å². The zero-order valence-corrected chi connectivity index (χ0v) is 12.0. The summed E-state index contributed by atoms with van der Waals surface area (Å²) in [5.41, 5.74) is 1.87. The number of rotatable bonds is 2. The smallest absolute Gasteiger partial charge is 0.166 e. The number of hydrogen-bond acceptors (Lipinski definition) is 0. The summed E-state index contributed by atoms with van der Waals surface area (Å²) in [7, 11) is 0. The van der Waals surface area contributed by atoms with E-state index in [0.29, 0.717) is 15.9 Å². The molecule has 0 bridgehead atoms. The van der Waals surface area contributed by atoms with E-state index in [9.17, 15) is 13.2 Å². The summed E-state index contributed by atoms with van der Waals surface area (Å²) in [6, 6.07) is 10.4. The Hall–Kier alpha value is -1.00. The zero-order chi connectivity index (χ0) is 14.0. The predicted molar refractivity (Wildman–Crippen MR) is 74.5 cm³/mol. The lowest BCUT2D eigenvalue weighted by Crippen LogP contribution is -2.04. The van der Waals surface area contributed by atoms with Crippen LogP contribution in [0, 0.1) is 0 Å². The van der Waals surface area contributed by atoms with Gasteiger partial charge in [-0.15, -0.1) is 0 Å². The molecule has 100 valence electrons. The molecule has 0 amide bonds. The lowest BCUT2D eigenvalue weighted by atomic mass is 9.99. The van der Waals surface area contributed by atoms with Gasteiger partial charge in [-0.2, -0.15) is 13.2 Å². The first-order valence-electron chi connectivity index (χ1n) is 5.44. The first-order valence-corrected chi connectivity index (χ1v) is 6.94. The molecule has 0 radical (unpaired) electrons. The molecule has 2 aromatic carbocycles. The van der Waals surface area contributed by atoms with Crippen LogP contribution in [0.4, 0.5) is 13.2 Å². The molecular weight excluding hydrogens is 341 g/mol. The van der Waals surface area contributed by atoms with Gasteiger partial charge in [0.15, 0.2) is 0 Å². The van der Waals surface area contributed by atoms with Gasteiger partial charge in [-0.05, 0) is 41.0 Å². The van der Waals surface area contributed by atoms with E-state index in [1.54, 1.807) is 12.1 Å². The molecule has 0 unspecified atom stereocenters. The highest BCUT2D eigenvalue weighted by atomic mass is 79.9. The molecular formula is C14H9BrClF3. The summed E-state index contributed by atoms with van der Waals surface area (Å²) >= 11 is 9.29. The molecule has 0 aliphatic rings. The molecule has 0 saturated heterocycles. The Kier molecular flexibility index (Phi) is 4.21. The first-order chi connectivity index (χ1) is 8.91. The van der Waals surface area contributed by atoms with E-state index in [1.165, 1.54) is 12.1 Å². The molecule has 0 spiro atoms. The average molecular weight is 350 g/mol. The van der Waals surface area contributed by atoms with E-state index >= 15 is 0 Å². The molecule has 0 aromatic heterocycles. The van der Waals surface area contributed by atoms with Crippen molar-refractivity contribution in [3.63, 3.8) is 0 Å². The van der Waals surface area contributed by atoms with Crippen molar-refractivity contribution >= 4 is 27.5 Å². The van der Waals surface area contributed by atoms with Crippen molar-refractivity contribution in [1.29, 1.82) is 0 Å². The summed E-state index contributed by atoms with van der Waals surface area (Å²) in [6.45, 7) is 0. The van der Waals surface area contributed by atoms with E-state index in [-0.39, 0.29) is 0 Å². The van der Waals surface area contributed by atoms with Crippen LogP contribution in [0.15, 0.2) is 42.5 Å². The van der Waals surface area contributed by atoms with Crippen LogP contribution in [-0.2, 0) is 11.5 Å². The van der Waals surface area contributed by atoms with Crippen LogP contribution in [0.2, 0.25) is 5.02 Å². The maximum Gasteiger partial charge on any atom is 0.416 e. The Morgan fingerprint density at radius 2 is 1.63 bits per heavy atom. The summed E-state index contributed by atoms with van der Waals surface area (Å²) in [5.74, 6) is 0. The molecule has 0 fully saturated rings. The van der Waals surface area contributed by atoms with Gasteiger partial charge in [-0.25, -0.2) is 0 Å².